The molecule has 0 saturated heterocycles. The van der Waals surface area contributed by atoms with Crippen LogP contribution in [-0.4, -0.2) is 51.3 Å². The Labute approximate surface area is 178 Å². The molecule has 0 bridgehead atoms. The molecule has 0 unspecified atom stereocenters. The lowest BCUT2D eigenvalue weighted by Gasteiger charge is -2.25. The van der Waals surface area contributed by atoms with Crippen molar-refractivity contribution in [1.82, 2.24) is 4.90 Å². The number of benzene rings is 2. The first-order valence-corrected chi connectivity index (χ1v) is 10.1. The summed E-state index contributed by atoms with van der Waals surface area (Å²) in [6.07, 6.45) is 4.64. The molecule has 1 aliphatic rings. The van der Waals surface area contributed by atoms with Crippen LogP contribution >= 0.6 is 0 Å². The Hall–Kier alpha value is -3.05. The van der Waals surface area contributed by atoms with Gasteiger partial charge in [-0.25, -0.2) is 4.79 Å². The summed E-state index contributed by atoms with van der Waals surface area (Å²) in [6, 6.07) is 16.2. The van der Waals surface area contributed by atoms with Crippen LogP contribution in [0.25, 0.3) is 5.57 Å². The molecule has 30 heavy (non-hydrogen) atoms. The Morgan fingerprint density at radius 1 is 1.13 bits per heavy atom. The van der Waals surface area contributed by atoms with Gasteiger partial charge in [0.1, 0.15) is 12.4 Å². The van der Waals surface area contributed by atoms with Gasteiger partial charge in [-0.15, -0.1) is 0 Å². The summed E-state index contributed by atoms with van der Waals surface area (Å²) in [6.45, 7) is 4.88. The molecule has 0 amide bonds. The summed E-state index contributed by atoms with van der Waals surface area (Å²) in [7, 11) is 3.09. The predicted molar refractivity (Wildman–Crippen MR) is 118 cm³/mol. The van der Waals surface area contributed by atoms with Gasteiger partial charge in [-0.1, -0.05) is 42.5 Å². The Morgan fingerprint density at radius 2 is 1.97 bits per heavy atom. The molecule has 0 N–H and O–H groups in total. The number of esters is 1. The normalized spacial score (nSPS) is 14.8. The third kappa shape index (κ3) is 5.51. The van der Waals surface area contributed by atoms with E-state index in [-0.39, 0.29) is 5.97 Å². The summed E-state index contributed by atoms with van der Waals surface area (Å²) < 4.78 is 16.2. The summed E-state index contributed by atoms with van der Waals surface area (Å²) in [5.74, 6) is 0.558. The van der Waals surface area contributed by atoms with E-state index in [9.17, 15) is 4.79 Å². The molecule has 0 aromatic heterocycles. The number of ether oxygens (including phenoxy) is 3. The van der Waals surface area contributed by atoms with Crippen LogP contribution in [0.4, 0.5) is 0 Å². The van der Waals surface area contributed by atoms with E-state index < -0.39 is 0 Å². The minimum atomic E-state index is -0.250. The van der Waals surface area contributed by atoms with Crippen LogP contribution in [0, 0.1) is 6.92 Å². The Morgan fingerprint density at radius 3 is 2.73 bits per heavy atom. The van der Waals surface area contributed by atoms with Gasteiger partial charge < -0.3 is 14.2 Å². The highest BCUT2D eigenvalue weighted by Crippen LogP contribution is 2.28. The Bertz CT molecular complexity index is 932. The van der Waals surface area contributed by atoms with Crippen LogP contribution in [-0.2, 0) is 14.3 Å². The number of carbonyl (C=O) groups is 1. The van der Waals surface area contributed by atoms with Crippen LogP contribution in [0.15, 0.2) is 66.4 Å². The Kier molecular flexibility index (Phi) is 7.69. The summed E-state index contributed by atoms with van der Waals surface area (Å²) in [4.78, 5) is 14.0. The van der Waals surface area contributed by atoms with Crippen LogP contribution in [0.5, 0.6) is 5.75 Å². The van der Waals surface area contributed by atoms with Gasteiger partial charge in [-0.05, 0) is 42.2 Å². The number of rotatable bonds is 8. The first kappa shape index (κ1) is 21.7. The van der Waals surface area contributed by atoms with Crippen molar-refractivity contribution in [3.8, 4) is 5.75 Å². The zero-order chi connectivity index (χ0) is 21.3. The molecule has 5 heteroatoms. The van der Waals surface area contributed by atoms with Crippen molar-refractivity contribution in [2.45, 2.75) is 13.3 Å². The first-order valence-electron chi connectivity index (χ1n) is 10.1. The molecule has 0 saturated carbocycles. The van der Waals surface area contributed by atoms with E-state index in [0.717, 1.165) is 47.5 Å². The second-order valence-corrected chi connectivity index (χ2v) is 7.23. The monoisotopic (exact) mass is 407 g/mol. The zero-order valence-corrected chi connectivity index (χ0v) is 17.9. The highest BCUT2D eigenvalue weighted by Gasteiger charge is 2.18. The molecule has 0 radical (unpaired) electrons. The van der Waals surface area contributed by atoms with Crippen molar-refractivity contribution in [3.63, 3.8) is 0 Å². The van der Waals surface area contributed by atoms with Gasteiger partial charge in [0.2, 0.25) is 0 Å². The van der Waals surface area contributed by atoms with Gasteiger partial charge >= 0.3 is 5.97 Å². The fourth-order valence-electron chi connectivity index (χ4n) is 3.55. The van der Waals surface area contributed by atoms with E-state index in [4.69, 9.17) is 14.2 Å². The number of aryl methyl sites for hydroxylation is 1. The molecular formula is C25H29NO4. The van der Waals surface area contributed by atoms with E-state index in [1.54, 1.807) is 7.11 Å². The van der Waals surface area contributed by atoms with Crippen molar-refractivity contribution in [2.24, 2.45) is 0 Å². The van der Waals surface area contributed by atoms with E-state index in [1.165, 1.54) is 12.7 Å². The fourth-order valence-corrected chi connectivity index (χ4v) is 3.55. The molecule has 0 spiro atoms. The predicted octanol–water partition coefficient (Wildman–Crippen LogP) is 4.21. The van der Waals surface area contributed by atoms with Crippen molar-refractivity contribution in [2.75, 3.05) is 40.5 Å². The van der Waals surface area contributed by atoms with E-state index >= 15 is 0 Å². The van der Waals surface area contributed by atoms with E-state index in [0.29, 0.717) is 13.2 Å². The molecule has 0 atom stereocenters. The van der Waals surface area contributed by atoms with Gasteiger partial charge in [0.25, 0.3) is 0 Å². The molecule has 158 valence electrons. The van der Waals surface area contributed by atoms with Gasteiger partial charge in [0, 0.05) is 30.8 Å². The molecule has 2 aromatic rings. The van der Waals surface area contributed by atoms with Crippen molar-refractivity contribution >= 4 is 11.5 Å². The Balaban J connectivity index is 1.71. The smallest absolute Gasteiger partial charge is 0.334 e. The van der Waals surface area contributed by atoms with Crippen LogP contribution < -0.4 is 4.74 Å². The first-order chi connectivity index (χ1) is 14.6. The summed E-state index contributed by atoms with van der Waals surface area (Å²) in [5.41, 5.74) is 5.08. The summed E-state index contributed by atoms with van der Waals surface area (Å²) >= 11 is 0. The lowest BCUT2D eigenvalue weighted by atomic mass is 9.95. The topological polar surface area (TPSA) is 48.0 Å². The second kappa shape index (κ2) is 10.6. The van der Waals surface area contributed by atoms with E-state index in [1.807, 2.05) is 42.7 Å². The summed E-state index contributed by atoms with van der Waals surface area (Å²) in [5, 5.41) is 0. The average Bonchev–Trinajstić information content (AvgIpc) is 2.79. The SMILES string of the molecule is COC(=O)C1=CCCN(CCOC=C(c2cccc(OC)c2)c2ccccc2C)C1. The molecule has 2 aromatic carbocycles. The average molecular weight is 408 g/mol. The maximum absolute atomic E-state index is 11.8. The quantitative estimate of drug-likeness (QED) is 0.373. The van der Waals surface area contributed by atoms with Gasteiger partial charge in [-0.3, -0.25) is 4.90 Å². The number of methoxy groups -OCH3 is 2. The highest BCUT2D eigenvalue weighted by atomic mass is 16.5. The molecule has 3 rings (SSSR count). The van der Waals surface area contributed by atoms with Crippen molar-refractivity contribution < 1.29 is 19.0 Å². The second-order valence-electron chi connectivity index (χ2n) is 7.23. The molecule has 0 aliphatic carbocycles. The highest BCUT2D eigenvalue weighted by molar-refractivity contribution is 5.89. The third-order valence-electron chi connectivity index (χ3n) is 5.22. The molecule has 1 aliphatic heterocycles. The van der Waals surface area contributed by atoms with Crippen molar-refractivity contribution in [1.29, 1.82) is 0 Å². The van der Waals surface area contributed by atoms with Gasteiger partial charge in [0.05, 0.1) is 20.5 Å². The van der Waals surface area contributed by atoms with Gasteiger partial charge in [-0.2, -0.15) is 0 Å². The molecule has 1 heterocycles. The number of nitrogens with zero attached hydrogens (tertiary/aromatic N) is 1. The number of hydrogen-bond donors (Lipinski definition) is 0. The van der Waals surface area contributed by atoms with Gasteiger partial charge in [0.15, 0.2) is 0 Å². The third-order valence-corrected chi connectivity index (χ3v) is 5.22. The standard InChI is InChI=1S/C25H29NO4/c1-19-8-4-5-12-23(19)24(20-9-6-11-22(16-20)28-2)18-30-15-14-26-13-7-10-21(17-26)25(27)29-3/h4-6,8-12,16,18H,7,13-15,17H2,1-3H3. The maximum atomic E-state index is 11.8. The minimum Gasteiger partial charge on any atom is -0.499 e. The van der Waals surface area contributed by atoms with Crippen LogP contribution in [0.1, 0.15) is 23.1 Å². The molecular weight excluding hydrogens is 378 g/mol. The minimum absolute atomic E-state index is 0.250. The fraction of sp³-hybridized carbons (Fsp3) is 0.320. The number of hydrogen-bond acceptors (Lipinski definition) is 5. The lowest BCUT2D eigenvalue weighted by Crippen LogP contribution is -2.34. The lowest BCUT2D eigenvalue weighted by molar-refractivity contribution is -0.136. The van der Waals surface area contributed by atoms with E-state index in [2.05, 4.69) is 30.0 Å². The maximum Gasteiger partial charge on any atom is 0.334 e. The zero-order valence-electron chi connectivity index (χ0n) is 17.9. The van der Waals surface area contributed by atoms with Crippen LogP contribution in [0.3, 0.4) is 0 Å². The van der Waals surface area contributed by atoms with Crippen LogP contribution in [0.2, 0.25) is 0 Å². The van der Waals surface area contributed by atoms with Crippen molar-refractivity contribution in [3.05, 3.63) is 83.1 Å². The largest absolute Gasteiger partial charge is 0.499 e. The molecule has 0 fully saturated rings. The molecule has 5 nitrogen and oxygen atoms in total. The number of carbonyl (C=O) groups excluding carboxylic acids is 1.